The maximum absolute atomic E-state index is 10.5. The van der Waals surface area contributed by atoms with E-state index in [0.717, 1.165) is 10.7 Å². The van der Waals surface area contributed by atoms with Crippen LogP contribution >= 0.6 is 23.1 Å². The second-order valence-electron chi connectivity index (χ2n) is 3.28. The van der Waals surface area contributed by atoms with Crippen LogP contribution in [0.1, 0.15) is 5.69 Å². The third kappa shape index (κ3) is 2.55. The molecule has 0 aliphatic carbocycles. The van der Waals surface area contributed by atoms with Crippen molar-refractivity contribution in [1.29, 1.82) is 0 Å². The maximum atomic E-state index is 10.5. The molecule has 0 saturated heterocycles. The van der Waals surface area contributed by atoms with Crippen molar-refractivity contribution in [3.05, 3.63) is 23.5 Å². The van der Waals surface area contributed by atoms with Crippen molar-refractivity contribution in [2.75, 3.05) is 5.75 Å². The van der Waals surface area contributed by atoms with E-state index < -0.39 is 12.0 Å². The second kappa shape index (κ2) is 4.86. The zero-order valence-electron chi connectivity index (χ0n) is 8.37. The van der Waals surface area contributed by atoms with Gasteiger partial charge in [-0.25, -0.2) is 4.98 Å². The van der Waals surface area contributed by atoms with Gasteiger partial charge in [0.1, 0.15) is 6.04 Å². The number of carboxylic acids is 1. The normalized spacial score (nSPS) is 13.1. The van der Waals surface area contributed by atoms with E-state index in [1.54, 1.807) is 11.3 Å². The molecule has 0 amide bonds. The molecule has 86 valence electrons. The van der Waals surface area contributed by atoms with Crippen LogP contribution in [0.3, 0.4) is 0 Å². The number of nitrogens with zero attached hydrogens (tertiary/aromatic N) is 2. The first kappa shape index (κ1) is 11.4. The van der Waals surface area contributed by atoms with Gasteiger partial charge in [0.05, 0.1) is 5.69 Å². The summed E-state index contributed by atoms with van der Waals surface area (Å²) in [4.78, 5) is 15.8. The number of aliphatic carboxylic acids is 1. The van der Waals surface area contributed by atoms with Gasteiger partial charge in [0, 0.05) is 29.3 Å². The quantitative estimate of drug-likeness (QED) is 0.836. The first-order valence-electron chi connectivity index (χ1n) is 4.64. The molecule has 16 heavy (non-hydrogen) atoms. The molecule has 0 radical (unpaired) electrons. The lowest BCUT2D eigenvalue weighted by Crippen LogP contribution is -2.32. The topological polar surface area (TPSA) is 80.6 Å². The van der Waals surface area contributed by atoms with E-state index in [4.69, 9.17) is 10.8 Å². The Morgan fingerprint density at radius 3 is 3.25 bits per heavy atom. The Bertz CT molecular complexity index is 465. The summed E-state index contributed by atoms with van der Waals surface area (Å²) >= 11 is 3.06. The molecule has 2 aromatic rings. The molecule has 0 unspecified atom stereocenters. The summed E-state index contributed by atoms with van der Waals surface area (Å²) in [5.74, 6) is 0.133. The Kier molecular flexibility index (Phi) is 3.47. The lowest BCUT2D eigenvalue weighted by molar-refractivity contribution is -0.137. The minimum atomic E-state index is -0.960. The molecule has 0 fully saturated rings. The van der Waals surface area contributed by atoms with Gasteiger partial charge in [-0.1, -0.05) is 0 Å². The summed E-state index contributed by atoms with van der Waals surface area (Å²) in [6.45, 7) is 0. The van der Waals surface area contributed by atoms with Gasteiger partial charge in [-0.15, -0.1) is 11.3 Å². The first-order valence-corrected chi connectivity index (χ1v) is 6.67. The fraction of sp³-hybridized carbons (Fsp3) is 0.333. The monoisotopic (exact) mass is 257 g/mol. The highest BCUT2D eigenvalue weighted by Crippen LogP contribution is 2.16. The predicted molar refractivity (Wildman–Crippen MR) is 64.8 cm³/mol. The minimum absolute atomic E-state index is 0.403. The first-order chi connectivity index (χ1) is 7.66. The number of imidazole rings is 1. The van der Waals surface area contributed by atoms with Crippen molar-refractivity contribution in [2.45, 2.75) is 11.8 Å². The molecule has 0 saturated carbocycles. The Hall–Kier alpha value is -1.05. The van der Waals surface area contributed by atoms with Crippen LogP contribution in [0.15, 0.2) is 17.8 Å². The van der Waals surface area contributed by atoms with Crippen molar-refractivity contribution in [3.8, 4) is 0 Å². The van der Waals surface area contributed by atoms with Crippen LogP contribution in [0.25, 0.3) is 4.96 Å². The summed E-state index contributed by atoms with van der Waals surface area (Å²) < 4.78 is 1.96. The number of thiazole rings is 1. The van der Waals surface area contributed by atoms with Gasteiger partial charge >= 0.3 is 5.97 Å². The molecule has 3 N–H and O–H groups in total. The summed E-state index contributed by atoms with van der Waals surface area (Å²) in [6, 6.07) is -0.797. The zero-order chi connectivity index (χ0) is 11.5. The molecule has 2 heterocycles. The van der Waals surface area contributed by atoms with E-state index in [2.05, 4.69) is 4.98 Å². The Balaban J connectivity index is 1.86. The molecule has 0 bridgehead atoms. The fourth-order valence-corrected chi connectivity index (χ4v) is 2.79. The van der Waals surface area contributed by atoms with Crippen LogP contribution in [0.5, 0.6) is 0 Å². The van der Waals surface area contributed by atoms with E-state index in [9.17, 15) is 4.79 Å². The van der Waals surface area contributed by atoms with E-state index in [1.165, 1.54) is 11.8 Å². The highest BCUT2D eigenvalue weighted by Gasteiger charge is 2.11. The lowest BCUT2D eigenvalue weighted by Gasteiger charge is -2.03. The summed E-state index contributed by atoms with van der Waals surface area (Å²) in [6.07, 6.45) is 3.90. The number of carboxylic acid groups (broad SMARTS) is 1. The van der Waals surface area contributed by atoms with Crippen LogP contribution in [-0.2, 0) is 10.5 Å². The van der Waals surface area contributed by atoms with Crippen LogP contribution in [0.2, 0.25) is 0 Å². The molecule has 5 nitrogen and oxygen atoms in total. The lowest BCUT2D eigenvalue weighted by atomic mass is 10.4. The van der Waals surface area contributed by atoms with Crippen molar-refractivity contribution < 1.29 is 9.90 Å². The van der Waals surface area contributed by atoms with E-state index in [0.29, 0.717) is 11.5 Å². The molecule has 0 spiro atoms. The van der Waals surface area contributed by atoms with Crippen molar-refractivity contribution >= 4 is 34.0 Å². The Labute approximate surface area is 100 Å². The van der Waals surface area contributed by atoms with Crippen molar-refractivity contribution in [1.82, 2.24) is 9.38 Å². The number of aromatic nitrogens is 2. The van der Waals surface area contributed by atoms with Gasteiger partial charge in [-0.3, -0.25) is 9.20 Å². The number of fused-ring (bicyclic) bond motifs is 1. The van der Waals surface area contributed by atoms with Crippen LogP contribution < -0.4 is 5.73 Å². The molecular weight excluding hydrogens is 246 g/mol. The van der Waals surface area contributed by atoms with E-state index in [1.807, 2.05) is 22.2 Å². The van der Waals surface area contributed by atoms with E-state index >= 15 is 0 Å². The van der Waals surface area contributed by atoms with Crippen molar-refractivity contribution in [2.24, 2.45) is 5.73 Å². The Morgan fingerprint density at radius 2 is 2.56 bits per heavy atom. The third-order valence-electron chi connectivity index (χ3n) is 2.01. The van der Waals surface area contributed by atoms with Gasteiger partial charge in [0.15, 0.2) is 4.96 Å². The fourth-order valence-electron chi connectivity index (χ4n) is 1.21. The van der Waals surface area contributed by atoms with E-state index in [-0.39, 0.29) is 0 Å². The maximum Gasteiger partial charge on any atom is 0.321 e. The van der Waals surface area contributed by atoms with Crippen LogP contribution in [-0.4, -0.2) is 32.3 Å². The number of carbonyl (C=O) groups is 1. The zero-order valence-corrected chi connectivity index (χ0v) is 10.0. The average molecular weight is 257 g/mol. The molecule has 1 atom stereocenters. The molecule has 2 aromatic heterocycles. The third-order valence-corrected chi connectivity index (χ3v) is 3.87. The van der Waals surface area contributed by atoms with Gasteiger partial charge in [0.25, 0.3) is 0 Å². The number of hydrogen-bond acceptors (Lipinski definition) is 5. The number of thioether (sulfide) groups is 1. The second-order valence-corrected chi connectivity index (χ2v) is 5.19. The van der Waals surface area contributed by atoms with Gasteiger partial charge < -0.3 is 10.8 Å². The largest absolute Gasteiger partial charge is 0.480 e. The summed E-state index contributed by atoms with van der Waals surface area (Å²) in [5, 5.41) is 10.6. The van der Waals surface area contributed by atoms with Gasteiger partial charge in [-0.2, -0.15) is 11.8 Å². The average Bonchev–Trinajstić information content (AvgIpc) is 2.77. The molecular formula is C9H11N3O2S2. The Morgan fingerprint density at radius 1 is 1.75 bits per heavy atom. The van der Waals surface area contributed by atoms with Crippen molar-refractivity contribution in [3.63, 3.8) is 0 Å². The molecule has 0 aliphatic rings. The van der Waals surface area contributed by atoms with Gasteiger partial charge in [-0.05, 0) is 0 Å². The highest BCUT2D eigenvalue weighted by atomic mass is 32.2. The smallest absolute Gasteiger partial charge is 0.321 e. The summed E-state index contributed by atoms with van der Waals surface area (Å²) in [7, 11) is 0. The summed E-state index contributed by atoms with van der Waals surface area (Å²) in [5.41, 5.74) is 6.34. The molecule has 0 aliphatic heterocycles. The SMILES string of the molecule is N[C@H](CSCc1cn2ccsc2n1)C(=O)O. The molecule has 2 rings (SSSR count). The van der Waals surface area contributed by atoms with Gasteiger partial charge in [0.2, 0.25) is 0 Å². The minimum Gasteiger partial charge on any atom is -0.480 e. The number of nitrogens with two attached hydrogens (primary N) is 1. The molecule has 0 aromatic carbocycles. The van der Waals surface area contributed by atoms with Crippen LogP contribution in [0.4, 0.5) is 0 Å². The predicted octanol–water partition coefficient (Wildman–Crippen LogP) is 1.04. The number of rotatable bonds is 5. The number of hydrogen-bond donors (Lipinski definition) is 2. The van der Waals surface area contributed by atoms with Crippen LogP contribution in [0, 0.1) is 0 Å². The standard InChI is InChI=1S/C9H11N3O2S2/c10-7(8(13)14)5-15-4-6-3-12-1-2-16-9(12)11-6/h1-3,7H,4-5,10H2,(H,13,14)/t7-/m1/s1. The highest BCUT2D eigenvalue weighted by molar-refractivity contribution is 7.98. The molecule has 7 heteroatoms.